The quantitative estimate of drug-likeness (QED) is 0.570. The van der Waals surface area contributed by atoms with E-state index in [-0.39, 0.29) is 18.4 Å². The lowest BCUT2D eigenvalue weighted by Crippen LogP contribution is -2.60. The van der Waals surface area contributed by atoms with Gasteiger partial charge in [-0.3, -0.25) is 14.5 Å². The summed E-state index contributed by atoms with van der Waals surface area (Å²) >= 11 is 0. The van der Waals surface area contributed by atoms with E-state index in [1.165, 1.54) is 0 Å². The van der Waals surface area contributed by atoms with Crippen LogP contribution in [0.15, 0.2) is 48.5 Å². The number of amides is 2. The molecule has 34 heavy (non-hydrogen) atoms. The zero-order chi connectivity index (χ0) is 24.2. The van der Waals surface area contributed by atoms with Crippen LogP contribution in [0.4, 0.5) is 5.69 Å². The Kier molecular flexibility index (Phi) is 7.02. The summed E-state index contributed by atoms with van der Waals surface area (Å²) in [5.41, 5.74) is 2.96. The number of nitrogens with zero attached hydrogens (tertiary/aromatic N) is 5. The number of likely N-dealkylation sites (N-methyl/N-ethyl adjacent to an activating group) is 1. The molecule has 0 aliphatic carbocycles. The number of rotatable bonds is 7. The Morgan fingerprint density at radius 2 is 1.85 bits per heavy atom. The number of hydrogen-bond donors (Lipinski definition) is 1. The molecule has 180 valence electrons. The van der Waals surface area contributed by atoms with Crippen molar-refractivity contribution in [2.45, 2.75) is 12.6 Å². The second-order valence-corrected chi connectivity index (χ2v) is 8.72. The number of imidazole rings is 1. The van der Waals surface area contributed by atoms with Gasteiger partial charge in [-0.2, -0.15) is 0 Å². The molecular weight excluding hydrogens is 432 g/mol. The molecule has 3 aromatic rings. The van der Waals surface area contributed by atoms with Crippen molar-refractivity contribution in [1.29, 1.82) is 0 Å². The number of fused-ring (bicyclic) bond motifs is 1. The number of ether oxygens (including phenoxy) is 1. The maximum atomic E-state index is 13.0. The first kappa shape index (κ1) is 23.6. The Hall–Kier alpha value is -3.59. The maximum absolute atomic E-state index is 13.0. The minimum Gasteiger partial charge on any atom is -0.497 e. The van der Waals surface area contributed by atoms with Crippen LogP contribution in [0, 0.1) is 0 Å². The summed E-state index contributed by atoms with van der Waals surface area (Å²) < 4.78 is 7.24. The highest BCUT2D eigenvalue weighted by atomic mass is 16.5. The van der Waals surface area contributed by atoms with Crippen LogP contribution in [-0.2, 0) is 23.2 Å². The number of carbonyl (C=O) groups is 2. The Bertz CT molecular complexity index is 1160. The highest BCUT2D eigenvalue weighted by molar-refractivity contribution is 5.84. The van der Waals surface area contributed by atoms with E-state index in [1.54, 1.807) is 26.1 Å². The van der Waals surface area contributed by atoms with Crippen LogP contribution in [-0.4, -0.2) is 84.6 Å². The fourth-order valence-corrected chi connectivity index (χ4v) is 4.34. The van der Waals surface area contributed by atoms with Gasteiger partial charge in [0.25, 0.3) is 0 Å². The standard InChI is InChI=1S/C25H32N6O3/c1-28(2)25(33)22-16-30(18-9-11-19(34-4)12-10-18)13-14-31(22)17-24(32)26-15-23-27-20-7-5-6-8-21(20)29(23)3/h5-12,22H,13-17H2,1-4H3,(H,26,32)/t22-/m0/s1. The van der Waals surface area contributed by atoms with Crippen LogP contribution in [0.25, 0.3) is 11.0 Å². The molecule has 4 rings (SSSR count). The molecule has 0 radical (unpaired) electrons. The molecule has 9 nitrogen and oxygen atoms in total. The number of para-hydroxylation sites is 2. The van der Waals surface area contributed by atoms with Crippen molar-refractivity contribution in [3.63, 3.8) is 0 Å². The predicted octanol–water partition coefficient (Wildman–Crippen LogP) is 1.48. The normalized spacial score (nSPS) is 16.5. The van der Waals surface area contributed by atoms with Crippen LogP contribution in [0.2, 0.25) is 0 Å². The van der Waals surface area contributed by atoms with Crippen LogP contribution >= 0.6 is 0 Å². The molecule has 1 aromatic heterocycles. The molecule has 1 fully saturated rings. The van der Waals surface area contributed by atoms with Crippen molar-refractivity contribution in [3.05, 3.63) is 54.4 Å². The van der Waals surface area contributed by atoms with Crippen LogP contribution in [0.5, 0.6) is 5.75 Å². The van der Waals surface area contributed by atoms with Crippen LogP contribution < -0.4 is 15.0 Å². The molecule has 1 N–H and O–H groups in total. The third-order valence-corrected chi connectivity index (χ3v) is 6.32. The molecule has 0 bridgehead atoms. The summed E-state index contributed by atoms with van der Waals surface area (Å²) in [5.74, 6) is 1.45. The number of aryl methyl sites for hydroxylation is 1. The van der Waals surface area contributed by atoms with Gasteiger partial charge in [0.2, 0.25) is 11.8 Å². The van der Waals surface area contributed by atoms with Gasteiger partial charge in [0, 0.05) is 46.5 Å². The maximum Gasteiger partial charge on any atom is 0.241 e. The molecule has 1 saturated heterocycles. The first-order valence-electron chi connectivity index (χ1n) is 11.4. The number of aromatic nitrogens is 2. The smallest absolute Gasteiger partial charge is 0.241 e. The minimum atomic E-state index is -0.410. The molecule has 1 aliphatic heterocycles. The molecule has 1 atom stereocenters. The summed E-state index contributed by atoms with van der Waals surface area (Å²) in [6, 6.07) is 15.3. The lowest BCUT2D eigenvalue weighted by molar-refractivity contribution is -0.136. The van der Waals surface area contributed by atoms with Crippen molar-refractivity contribution in [1.82, 2.24) is 24.7 Å². The fourth-order valence-electron chi connectivity index (χ4n) is 4.34. The minimum absolute atomic E-state index is 0.0126. The number of hydrogen-bond acceptors (Lipinski definition) is 6. The SMILES string of the molecule is COc1ccc(N2CCN(CC(=O)NCc3nc4ccccc4n3C)[C@H](C(=O)N(C)C)C2)cc1. The molecule has 2 heterocycles. The number of benzene rings is 2. The second-order valence-electron chi connectivity index (χ2n) is 8.72. The average Bonchev–Trinajstić information content (AvgIpc) is 3.18. The van der Waals surface area contributed by atoms with Crippen LogP contribution in [0.3, 0.4) is 0 Å². The summed E-state index contributed by atoms with van der Waals surface area (Å²) in [5, 5.41) is 2.98. The van der Waals surface area contributed by atoms with Crippen molar-refractivity contribution in [3.8, 4) is 5.75 Å². The van der Waals surface area contributed by atoms with Gasteiger partial charge in [0.05, 0.1) is 31.2 Å². The lowest BCUT2D eigenvalue weighted by Gasteiger charge is -2.42. The van der Waals surface area contributed by atoms with E-state index in [0.29, 0.717) is 19.6 Å². The Morgan fingerprint density at radius 3 is 2.53 bits per heavy atom. The van der Waals surface area contributed by atoms with Gasteiger partial charge >= 0.3 is 0 Å². The van der Waals surface area contributed by atoms with Gasteiger partial charge in [-0.15, -0.1) is 0 Å². The van der Waals surface area contributed by atoms with Gasteiger partial charge in [-0.25, -0.2) is 4.98 Å². The van der Waals surface area contributed by atoms with Crippen molar-refractivity contribution < 1.29 is 14.3 Å². The molecular formula is C25H32N6O3. The molecule has 0 spiro atoms. The van der Waals surface area contributed by atoms with Gasteiger partial charge in [0.1, 0.15) is 17.6 Å². The number of methoxy groups -OCH3 is 1. The molecule has 1 aliphatic rings. The number of nitrogens with one attached hydrogen (secondary N) is 1. The van der Waals surface area contributed by atoms with Crippen molar-refractivity contribution in [2.75, 3.05) is 52.3 Å². The monoisotopic (exact) mass is 464 g/mol. The topological polar surface area (TPSA) is 82.9 Å². The van der Waals surface area contributed by atoms with E-state index < -0.39 is 6.04 Å². The number of anilines is 1. The van der Waals surface area contributed by atoms with E-state index >= 15 is 0 Å². The Morgan fingerprint density at radius 1 is 1.12 bits per heavy atom. The largest absolute Gasteiger partial charge is 0.497 e. The average molecular weight is 465 g/mol. The summed E-state index contributed by atoms with van der Waals surface area (Å²) in [7, 11) is 7.08. The van der Waals surface area contributed by atoms with Gasteiger partial charge in [-0.05, 0) is 36.4 Å². The van der Waals surface area contributed by atoms with Crippen molar-refractivity contribution in [2.24, 2.45) is 7.05 Å². The third kappa shape index (κ3) is 4.99. The molecule has 9 heteroatoms. The highest BCUT2D eigenvalue weighted by Gasteiger charge is 2.34. The van der Waals surface area contributed by atoms with E-state index in [0.717, 1.165) is 34.8 Å². The summed E-state index contributed by atoms with van der Waals surface area (Å²) in [6.45, 7) is 2.34. The summed E-state index contributed by atoms with van der Waals surface area (Å²) in [6.07, 6.45) is 0. The zero-order valence-electron chi connectivity index (χ0n) is 20.2. The predicted molar refractivity (Wildman–Crippen MR) is 132 cm³/mol. The fraction of sp³-hybridized carbons (Fsp3) is 0.400. The second kappa shape index (κ2) is 10.1. The Balaban J connectivity index is 1.41. The first-order chi connectivity index (χ1) is 16.4. The number of piperazine rings is 1. The zero-order valence-corrected chi connectivity index (χ0v) is 20.2. The molecule has 2 amide bonds. The van der Waals surface area contributed by atoms with E-state index in [4.69, 9.17) is 4.74 Å². The lowest BCUT2D eigenvalue weighted by atomic mass is 10.1. The summed E-state index contributed by atoms with van der Waals surface area (Å²) in [4.78, 5) is 36.2. The molecule has 0 saturated carbocycles. The van der Waals surface area contributed by atoms with E-state index in [1.807, 2.05) is 65.0 Å². The first-order valence-corrected chi connectivity index (χ1v) is 11.4. The Labute approximate surface area is 199 Å². The van der Waals surface area contributed by atoms with Crippen molar-refractivity contribution >= 4 is 28.5 Å². The molecule has 0 unspecified atom stereocenters. The van der Waals surface area contributed by atoms with Gasteiger partial charge in [-0.1, -0.05) is 12.1 Å². The van der Waals surface area contributed by atoms with Gasteiger partial charge in [0.15, 0.2) is 0 Å². The number of carbonyl (C=O) groups excluding carboxylic acids is 2. The van der Waals surface area contributed by atoms with E-state index in [9.17, 15) is 9.59 Å². The highest BCUT2D eigenvalue weighted by Crippen LogP contribution is 2.23. The van der Waals surface area contributed by atoms with Crippen LogP contribution in [0.1, 0.15) is 5.82 Å². The van der Waals surface area contributed by atoms with Gasteiger partial charge < -0.3 is 24.4 Å². The third-order valence-electron chi connectivity index (χ3n) is 6.32. The molecule has 2 aromatic carbocycles. The van der Waals surface area contributed by atoms with E-state index in [2.05, 4.69) is 15.2 Å².